The highest BCUT2D eigenvalue weighted by molar-refractivity contribution is 7.89. The molecular formula is C19H20ClN3O5S2. The molecular weight excluding hydrogens is 450 g/mol. The molecule has 1 amide bonds. The van der Waals surface area contributed by atoms with E-state index >= 15 is 0 Å². The fourth-order valence-electron chi connectivity index (χ4n) is 3.35. The van der Waals surface area contributed by atoms with E-state index in [0.29, 0.717) is 19.4 Å². The van der Waals surface area contributed by atoms with E-state index < -0.39 is 21.7 Å². The number of ether oxygens (including phenoxy) is 1. The first-order valence-electron chi connectivity index (χ1n) is 9.28. The lowest BCUT2D eigenvalue weighted by Crippen LogP contribution is -2.46. The van der Waals surface area contributed by atoms with Crippen LogP contribution in [0.2, 0.25) is 5.02 Å². The van der Waals surface area contributed by atoms with Gasteiger partial charge in [-0.05, 0) is 36.4 Å². The first kappa shape index (κ1) is 21.1. The van der Waals surface area contributed by atoms with Gasteiger partial charge in [0.25, 0.3) is 0 Å². The zero-order valence-electron chi connectivity index (χ0n) is 15.8. The SMILES string of the molecule is O=C(NCc1cccs1)OC1=CC2(CCN(S(=O)(=O)c3ccccc3Cl)CC2)ON1. The van der Waals surface area contributed by atoms with Crippen molar-refractivity contribution in [2.75, 3.05) is 13.1 Å². The summed E-state index contributed by atoms with van der Waals surface area (Å²) in [6, 6.07) is 10.2. The highest BCUT2D eigenvalue weighted by Gasteiger charge is 2.42. The summed E-state index contributed by atoms with van der Waals surface area (Å²) >= 11 is 7.61. The van der Waals surface area contributed by atoms with Gasteiger partial charge in [-0.15, -0.1) is 11.3 Å². The number of hydrogen-bond acceptors (Lipinski definition) is 7. The summed E-state index contributed by atoms with van der Waals surface area (Å²) in [6.07, 6.45) is 1.92. The van der Waals surface area contributed by atoms with Gasteiger partial charge in [0.05, 0.1) is 11.6 Å². The number of hydrogen-bond donors (Lipinski definition) is 2. The van der Waals surface area contributed by atoms with E-state index in [1.807, 2.05) is 17.5 Å². The van der Waals surface area contributed by atoms with Crippen LogP contribution in [0, 0.1) is 0 Å². The molecule has 30 heavy (non-hydrogen) atoms. The molecule has 0 saturated carbocycles. The van der Waals surface area contributed by atoms with E-state index in [1.54, 1.807) is 24.3 Å². The predicted octanol–water partition coefficient (Wildman–Crippen LogP) is 3.23. The van der Waals surface area contributed by atoms with E-state index in [1.165, 1.54) is 21.7 Å². The number of amides is 1. The molecule has 0 unspecified atom stereocenters. The maximum absolute atomic E-state index is 12.9. The third-order valence-electron chi connectivity index (χ3n) is 4.96. The minimum atomic E-state index is -3.69. The Morgan fingerprint density at radius 2 is 2.03 bits per heavy atom. The second-order valence-corrected chi connectivity index (χ2v) is 10.3. The number of carbonyl (C=O) groups is 1. The molecule has 1 saturated heterocycles. The van der Waals surface area contributed by atoms with Crippen molar-refractivity contribution in [1.29, 1.82) is 0 Å². The molecule has 2 N–H and O–H groups in total. The number of thiophene rings is 1. The van der Waals surface area contributed by atoms with Crippen LogP contribution in [0.1, 0.15) is 17.7 Å². The molecule has 0 bridgehead atoms. The van der Waals surface area contributed by atoms with Crippen molar-refractivity contribution in [3.63, 3.8) is 0 Å². The van der Waals surface area contributed by atoms with E-state index in [0.717, 1.165) is 4.88 Å². The first-order valence-corrected chi connectivity index (χ1v) is 12.0. The summed E-state index contributed by atoms with van der Waals surface area (Å²) in [6.45, 7) is 0.887. The summed E-state index contributed by atoms with van der Waals surface area (Å²) in [5, 5.41) is 4.79. The number of carbonyl (C=O) groups excluding carboxylic acids is 1. The Kier molecular flexibility index (Phi) is 6.03. The fraction of sp³-hybridized carbons (Fsp3) is 0.316. The van der Waals surface area contributed by atoms with Crippen molar-refractivity contribution in [3.05, 3.63) is 63.6 Å². The number of piperidine rings is 1. The Bertz CT molecular complexity index is 1050. The van der Waals surface area contributed by atoms with Gasteiger partial charge in [0.15, 0.2) is 0 Å². The molecule has 0 aliphatic carbocycles. The Morgan fingerprint density at radius 3 is 2.73 bits per heavy atom. The van der Waals surface area contributed by atoms with Gasteiger partial charge in [-0.25, -0.2) is 18.7 Å². The van der Waals surface area contributed by atoms with Gasteiger partial charge in [0.1, 0.15) is 10.5 Å². The van der Waals surface area contributed by atoms with Crippen molar-refractivity contribution >= 4 is 39.1 Å². The highest BCUT2D eigenvalue weighted by Crippen LogP contribution is 2.35. The van der Waals surface area contributed by atoms with Gasteiger partial charge in [0, 0.05) is 24.0 Å². The number of rotatable bonds is 5. The van der Waals surface area contributed by atoms with Crippen LogP contribution in [0.5, 0.6) is 0 Å². The Labute approximate surface area is 183 Å². The van der Waals surface area contributed by atoms with Crippen molar-refractivity contribution in [2.45, 2.75) is 29.9 Å². The van der Waals surface area contributed by atoms with Crippen LogP contribution in [0.4, 0.5) is 4.79 Å². The van der Waals surface area contributed by atoms with Crippen LogP contribution < -0.4 is 10.8 Å². The molecule has 1 aromatic heterocycles. The molecule has 2 aliphatic heterocycles. The minimum Gasteiger partial charge on any atom is -0.392 e. The Balaban J connectivity index is 1.34. The summed E-state index contributed by atoms with van der Waals surface area (Å²) in [5.41, 5.74) is 1.90. The van der Waals surface area contributed by atoms with E-state index in [-0.39, 0.29) is 28.9 Å². The van der Waals surface area contributed by atoms with Crippen molar-refractivity contribution in [2.24, 2.45) is 0 Å². The second-order valence-electron chi connectivity index (χ2n) is 6.93. The Morgan fingerprint density at radius 1 is 1.27 bits per heavy atom. The molecule has 11 heteroatoms. The average molecular weight is 470 g/mol. The fourth-order valence-corrected chi connectivity index (χ4v) is 5.93. The number of benzene rings is 1. The smallest absolute Gasteiger partial charge is 0.392 e. The third-order valence-corrected chi connectivity index (χ3v) is 8.24. The van der Waals surface area contributed by atoms with Crippen LogP contribution in [-0.2, 0) is 26.1 Å². The van der Waals surface area contributed by atoms with Crippen LogP contribution in [0.15, 0.2) is 58.6 Å². The van der Waals surface area contributed by atoms with Gasteiger partial charge in [-0.1, -0.05) is 29.8 Å². The van der Waals surface area contributed by atoms with E-state index in [9.17, 15) is 13.2 Å². The standard InChI is InChI=1S/C19H20ClN3O5S2/c20-15-5-1-2-6-16(15)30(25,26)23-9-7-19(8-10-23)12-17(22-28-19)27-18(24)21-13-14-4-3-11-29-14/h1-6,11-12,22H,7-10,13H2,(H,21,24). The topological polar surface area (TPSA) is 97.0 Å². The average Bonchev–Trinajstić information content (AvgIpc) is 3.37. The summed E-state index contributed by atoms with van der Waals surface area (Å²) in [5.74, 6) is 0.195. The predicted molar refractivity (Wildman–Crippen MR) is 112 cm³/mol. The lowest BCUT2D eigenvalue weighted by molar-refractivity contribution is -0.0729. The number of alkyl carbamates (subject to hydrolysis) is 1. The lowest BCUT2D eigenvalue weighted by Gasteiger charge is -2.35. The minimum absolute atomic E-state index is 0.0926. The maximum Gasteiger partial charge on any atom is 0.414 e. The van der Waals surface area contributed by atoms with Gasteiger partial charge in [0.2, 0.25) is 15.9 Å². The number of sulfonamides is 1. The molecule has 1 spiro atoms. The molecule has 4 rings (SSSR count). The van der Waals surface area contributed by atoms with Gasteiger partial charge < -0.3 is 10.1 Å². The molecule has 160 valence electrons. The molecule has 0 atom stereocenters. The summed E-state index contributed by atoms with van der Waals surface area (Å²) < 4.78 is 32.4. The van der Waals surface area contributed by atoms with Crippen LogP contribution >= 0.6 is 22.9 Å². The van der Waals surface area contributed by atoms with E-state index in [4.69, 9.17) is 21.2 Å². The normalized spacial score (nSPS) is 18.6. The van der Waals surface area contributed by atoms with Crippen LogP contribution in [-0.4, -0.2) is 37.5 Å². The lowest BCUT2D eigenvalue weighted by atomic mass is 9.93. The van der Waals surface area contributed by atoms with Crippen molar-refractivity contribution < 1.29 is 22.8 Å². The Hall–Kier alpha value is -2.11. The largest absolute Gasteiger partial charge is 0.414 e. The molecule has 1 fully saturated rings. The van der Waals surface area contributed by atoms with Crippen molar-refractivity contribution in [3.8, 4) is 0 Å². The number of halogens is 1. The van der Waals surface area contributed by atoms with Crippen LogP contribution in [0.25, 0.3) is 0 Å². The molecule has 0 radical (unpaired) electrons. The number of nitrogens with one attached hydrogen (secondary N) is 2. The van der Waals surface area contributed by atoms with Gasteiger partial charge >= 0.3 is 6.09 Å². The van der Waals surface area contributed by atoms with Crippen LogP contribution in [0.3, 0.4) is 0 Å². The molecule has 2 aromatic rings. The molecule has 3 heterocycles. The first-order chi connectivity index (χ1) is 14.4. The van der Waals surface area contributed by atoms with Crippen molar-refractivity contribution in [1.82, 2.24) is 15.1 Å². The summed E-state index contributed by atoms with van der Waals surface area (Å²) in [4.78, 5) is 18.7. The van der Waals surface area contributed by atoms with Gasteiger partial charge in [-0.3, -0.25) is 4.84 Å². The number of hydroxylamine groups is 1. The number of nitrogens with zero attached hydrogens (tertiary/aromatic N) is 1. The van der Waals surface area contributed by atoms with E-state index in [2.05, 4.69) is 10.8 Å². The molecule has 8 nitrogen and oxygen atoms in total. The zero-order valence-corrected chi connectivity index (χ0v) is 18.2. The second kappa shape index (κ2) is 8.56. The highest BCUT2D eigenvalue weighted by atomic mass is 35.5. The third kappa shape index (κ3) is 4.47. The zero-order chi connectivity index (χ0) is 21.2. The molecule has 2 aliphatic rings. The summed E-state index contributed by atoms with van der Waals surface area (Å²) in [7, 11) is -3.69. The quantitative estimate of drug-likeness (QED) is 0.697. The molecule has 1 aromatic carbocycles. The maximum atomic E-state index is 12.9. The monoisotopic (exact) mass is 469 g/mol. The van der Waals surface area contributed by atoms with Gasteiger partial charge in [-0.2, -0.15) is 4.31 Å².